The molecule has 0 saturated carbocycles. The van der Waals surface area contributed by atoms with E-state index in [2.05, 4.69) is 41.4 Å². The summed E-state index contributed by atoms with van der Waals surface area (Å²) >= 11 is 0. The predicted octanol–water partition coefficient (Wildman–Crippen LogP) is 3.01. The average Bonchev–Trinajstić information content (AvgIpc) is 2.66. The lowest BCUT2D eigenvalue weighted by atomic mass is 9.99. The van der Waals surface area contributed by atoms with E-state index < -0.39 is 0 Å². The molecule has 1 N–H and O–H groups in total. The summed E-state index contributed by atoms with van der Waals surface area (Å²) in [4.78, 5) is 14.9. The van der Waals surface area contributed by atoms with Crippen molar-refractivity contribution in [3.05, 3.63) is 70.8 Å². The Bertz CT molecular complexity index is 729. The lowest BCUT2D eigenvalue weighted by Gasteiger charge is -2.33. The van der Waals surface area contributed by atoms with Gasteiger partial charge in [0, 0.05) is 38.3 Å². The van der Waals surface area contributed by atoms with Gasteiger partial charge in [0.25, 0.3) is 5.91 Å². The Morgan fingerprint density at radius 3 is 2.80 bits per heavy atom. The Hall–Kier alpha value is -2.17. The van der Waals surface area contributed by atoms with Crippen molar-refractivity contribution in [3.63, 3.8) is 0 Å². The highest BCUT2D eigenvalue weighted by Gasteiger charge is 2.20. The van der Waals surface area contributed by atoms with Crippen LogP contribution in [-0.4, -0.2) is 37.0 Å². The van der Waals surface area contributed by atoms with Crippen LogP contribution in [0.4, 0.5) is 0 Å². The predicted molar refractivity (Wildman–Crippen MR) is 99.5 cm³/mol. The topological polar surface area (TPSA) is 41.6 Å². The lowest BCUT2D eigenvalue weighted by Crippen LogP contribution is -2.44. The summed E-state index contributed by atoms with van der Waals surface area (Å²) in [7, 11) is 1.66. The molecule has 132 valence electrons. The quantitative estimate of drug-likeness (QED) is 0.880. The van der Waals surface area contributed by atoms with Gasteiger partial charge in [0.2, 0.25) is 0 Å². The zero-order valence-corrected chi connectivity index (χ0v) is 15.0. The van der Waals surface area contributed by atoms with E-state index in [1.807, 2.05) is 24.3 Å². The number of amides is 1. The van der Waals surface area contributed by atoms with Gasteiger partial charge in [-0.25, -0.2) is 0 Å². The van der Waals surface area contributed by atoms with Crippen molar-refractivity contribution in [2.75, 3.05) is 20.2 Å². The molecule has 0 fully saturated rings. The van der Waals surface area contributed by atoms with Gasteiger partial charge in [-0.2, -0.15) is 0 Å². The van der Waals surface area contributed by atoms with Crippen molar-refractivity contribution in [3.8, 4) is 0 Å². The zero-order chi connectivity index (χ0) is 17.6. The van der Waals surface area contributed by atoms with Crippen molar-refractivity contribution in [2.24, 2.45) is 0 Å². The molecule has 1 unspecified atom stereocenters. The number of hydrogen-bond donors (Lipinski definition) is 1. The van der Waals surface area contributed by atoms with Crippen LogP contribution in [0.5, 0.6) is 0 Å². The van der Waals surface area contributed by atoms with Gasteiger partial charge in [-0.15, -0.1) is 0 Å². The van der Waals surface area contributed by atoms with E-state index in [4.69, 9.17) is 4.74 Å². The minimum atomic E-state index is -0.0257. The highest BCUT2D eigenvalue weighted by atomic mass is 16.5. The molecule has 2 aromatic rings. The number of carbonyl (C=O) groups excluding carboxylic acids is 1. The fourth-order valence-electron chi connectivity index (χ4n) is 3.33. The molecule has 1 aliphatic heterocycles. The van der Waals surface area contributed by atoms with E-state index in [1.54, 1.807) is 7.11 Å². The molecule has 0 aliphatic carbocycles. The molecule has 0 bridgehead atoms. The van der Waals surface area contributed by atoms with Crippen molar-refractivity contribution < 1.29 is 9.53 Å². The summed E-state index contributed by atoms with van der Waals surface area (Å²) in [5, 5.41) is 3.07. The molecular weight excluding hydrogens is 312 g/mol. The Morgan fingerprint density at radius 1 is 1.20 bits per heavy atom. The molecule has 1 amide bonds. The highest BCUT2D eigenvalue weighted by molar-refractivity contribution is 5.94. The van der Waals surface area contributed by atoms with Gasteiger partial charge in [-0.3, -0.25) is 9.69 Å². The number of fused-ring (bicyclic) bond motifs is 1. The van der Waals surface area contributed by atoms with Crippen LogP contribution in [0, 0.1) is 0 Å². The Labute approximate surface area is 149 Å². The summed E-state index contributed by atoms with van der Waals surface area (Å²) in [5.41, 5.74) is 4.55. The summed E-state index contributed by atoms with van der Waals surface area (Å²) < 4.78 is 5.13. The standard InChI is InChI=1S/C21H26N2O2/c1-16(23-11-10-18-7-3-4-8-20(18)14-23)13-22-21(24)19-9-5-6-17(12-19)15-25-2/h3-9,12,16H,10-11,13-15H2,1-2H3,(H,22,24). The number of carbonyl (C=O) groups is 1. The normalized spacial score (nSPS) is 15.4. The Morgan fingerprint density at radius 2 is 2.00 bits per heavy atom. The number of rotatable bonds is 6. The summed E-state index contributed by atoms with van der Waals surface area (Å²) in [6.07, 6.45) is 1.08. The molecule has 25 heavy (non-hydrogen) atoms. The van der Waals surface area contributed by atoms with Crippen molar-refractivity contribution in [2.45, 2.75) is 32.5 Å². The van der Waals surface area contributed by atoms with Crippen molar-refractivity contribution in [1.82, 2.24) is 10.2 Å². The maximum absolute atomic E-state index is 12.4. The third-order valence-electron chi connectivity index (χ3n) is 4.84. The fourth-order valence-corrected chi connectivity index (χ4v) is 3.33. The van der Waals surface area contributed by atoms with Gasteiger partial charge >= 0.3 is 0 Å². The monoisotopic (exact) mass is 338 g/mol. The number of ether oxygens (including phenoxy) is 1. The molecule has 1 aliphatic rings. The van der Waals surface area contributed by atoms with Crippen LogP contribution in [0.15, 0.2) is 48.5 Å². The van der Waals surface area contributed by atoms with Gasteiger partial charge in [-0.1, -0.05) is 36.4 Å². The molecular formula is C21H26N2O2. The number of hydrogen-bond acceptors (Lipinski definition) is 3. The summed E-state index contributed by atoms with van der Waals surface area (Å²) in [6.45, 7) is 5.34. The van der Waals surface area contributed by atoms with E-state index in [-0.39, 0.29) is 5.91 Å². The Balaban J connectivity index is 1.55. The maximum atomic E-state index is 12.4. The zero-order valence-electron chi connectivity index (χ0n) is 15.0. The summed E-state index contributed by atoms with van der Waals surface area (Å²) in [5.74, 6) is -0.0257. The first-order valence-corrected chi connectivity index (χ1v) is 8.84. The average molecular weight is 338 g/mol. The van der Waals surface area contributed by atoms with E-state index in [1.165, 1.54) is 11.1 Å². The first-order valence-electron chi connectivity index (χ1n) is 8.84. The third-order valence-corrected chi connectivity index (χ3v) is 4.84. The summed E-state index contributed by atoms with van der Waals surface area (Å²) in [6, 6.07) is 16.5. The maximum Gasteiger partial charge on any atom is 0.251 e. The number of nitrogens with one attached hydrogen (secondary N) is 1. The number of methoxy groups -OCH3 is 1. The lowest BCUT2D eigenvalue weighted by molar-refractivity contribution is 0.0932. The molecule has 1 atom stereocenters. The minimum absolute atomic E-state index is 0.0257. The molecule has 3 rings (SSSR count). The third kappa shape index (κ3) is 4.47. The van der Waals surface area contributed by atoms with Gasteiger partial charge in [0.05, 0.1) is 6.61 Å². The second-order valence-electron chi connectivity index (χ2n) is 6.68. The van der Waals surface area contributed by atoms with E-state index >= 15 is 0 Å². The van der Waals surface area contributed by atoms with Crippen LogP contribution in [0.2, 0.25) is 0 Å². The van der Waals surface area contributed by atoms with Gasteiger partial charge < -0.3 is 10.1 Å². The van der Waals surface area contributed by atoms with E-state index in [0.29, 0.717) is 24.8 Å². The van der Waals surface area contributed by atoms with Crippen LogP contribution in [0.3, 0.4) is 0 Å². The number of nitrogens with zero attached hydrogens (tertiary/aromatic N) is 1. The molecule has 4 nitrogen and oxygen atoms in total. The van der Waals surface area contributed by atoms with Gasteiger partial charge in [-0.05, 0) is 42.2 Å². The van der Waals surface area contributed by atoms with Crippen LogP contribution >= 0.6 is 0 Å². The molecule has 0 aromatic heterocycles. The van der Waals surface area contributed by atoms with Crippen LogP contribution < -0.4 is 5.32 Å². The van der Waals surface area contributed by atoms with Crippen molar-refractivity contribution in [1.29, 1.82) is 0 Å². The second-order valence-corrected chi connectivity index (χ2v) is 6.68. The molecule has 0 radical (unpaired) electrons. The molecule has 0 spiro atoms. The van der Waals surface area contributed by atoms with Crippen LogP contribution in [0.25, 0.3) is 0 Å². The first-order chi connectivity index (χ1) is 12.2. The molecule has 1 heterocycles. The van der Waals surface area contributed by atoms with Crippen LogP contribution in [-0.2, 0) is 24.3 Å². The Kier molecular flexibility index (Phi) is 5.84. The number of benzene rings is 2. The fraction of sp³-hybridized carbons (Fsp3) is 0.381. The molecule has 4 heteroatoms. The van der Waals surface area contributed by atoms with Gasteiger partial charge in [0.15, 0.2) is 0 Å². The van der Waals surface area contributed by atoms with Crippen molar-refractivity contribution >= 4 is 5.91 Å². The molecule has 0 saturated heterocycles. The smallest absolute Gasteiger partial charge is 0.251 e. The SMILES string of the molecule is COCc1cccc(C(=O)NCC(C)N2CCc3ccccc3C2)c1. The van der Waals surface area contributed by atoms with Crippen LogP contribution in [0.1, 0.15) is 34.0 Å². The second kappa shape index (κ2) is 8.28. The van der Waals surface area contributed by atoms with E-state index in [9.17, 15) is 4.79 Å². The highest BCUT2D eigenvalue weighted by Crippen LogP contribution is 2.20. The first kappa shape index (κ1) is 17.6. The largest absolute Gasteiger partial charge is 0.380 e. The van der Waals surface area contributed by atoms with E-state index in [0.717, 1.165) is 25.1 Å². The van der Waals surface area contributed by atoms with Gasteiger partial charge in [0.1, 0.15) is 0 Å². The molecule has 2 aromatic carbocycles. The minimum Gasteiger partial charge on any atom is -0.380 e.